The van der Waals surface area contributed by atoms with Crippen LogP contribution in [-0.4, -0.2) is 34.9 Å². The zero-order chi connectivity index (χ0) is 8.85. The Balaban J connectivity index is 3.54. The van der Waals surface area contributed by atoms with Gasteiger partial charge in [-0.3, -0.25) is 0 Å². The number of carbonyl (C=O) groups excluding carboxylic acids is 2. The van der Waals surface area contributed by atoms with Crippen molar-refractivity contribution >= 4 is 11.9 Å². The molecule has 0 aliphatic heterocycles. The third-order valence-corrected chi connectivity index (χ3v) is 0.687. The van der Waals surface area contributed by atoms with E-state index in [0.29, 0.717) is 0 Å². The van der Waals surface area contributed by atoms with E-state index in [9.17, 15) is 9.59 Å². The molecule has 0 saturated carbocycles. The van der Waals surface area contributed by atoms with E-state index in [2.05, 4.69) is 9.78 Å². The summed E-state index contributed by atoms with van der Waals surface area (Å²) in [5, 5.41) is 16.5. The van der Waals surface area contributed by atoms with Crippen molar-refractivity contribution in [1.82, 2.24) is 0 Å². The summed E-state index contributed by atoms with van der Waals surface area (Å²) in [7, 11) is 0. The molecule has 0 bridgehead atoms. The summed E-state index contributed by atoms with van der Waals surface area (Å²) in [5.74, 6) is -2.19. The zero-order valence-electron chi connectivity index (χ0n) is 5.81. The fourth-order valence-electron chi connectivity index (χ4n) is 0.184. The molecule has 0 amide bonds. The Bertz CT molecular complexity index is 151. The molecule has 0 fully saturated rings. The van der Waals surface area contributed by atoms with Crippen LogP contribution in [0.5, 0.6) is 0 Å². The Kier molecular flexibility index (Phi) is 4.16. The summed E-state index contributed by atoms with van der Waals surface area (Å²) in [4.78, 5) is 27.9. The van der Waals surface area contributed by atoms with Crippen molar-refractivity contribution in [3.63, 3.8) is 0 Å². The van der Waals surface area contributed by atoms with Crippen molar-refractivity contribution in [1.29, 1.82) is 0 Å². The van der Waals surface area contributed by atoms with Gasteiger partial charge in [-0.1, -0.05) is 0 Å². The Hall–Kier alpha value is -1.14. The van der Waals surface area contributed by atoms with Crippen molar-refractivity contribution in [2.45, 2.75) is 13.0 Å². The van der Waals surface area contributed by atoms with Crippen LogP contribution in [0.25, 0.3) is 0 Å². The molecule has 6 heteroatoms. The molecule has 0 radical (unpaired) electrons. The van der Waals surface area contributed by atoms with Gasteiger partial charge < -0.3 is 10.2 Å². The number of rotatable bonds is 2. The SMILES string of the molecule is CC(O)C(=O)OOC(=O)CO. The predicted molar refractivity (Wildman–Crippen MR) is 31.0 cm³/mol. The molecule has 1 unspecified atom stereocenters. The lowest BCUT2D eigenvalue weighted by Crippen LogP contribution is -2.22. The smallest absolute Gasteiger partial charge is 0.383 e. The molecule has 0 heterocycles. The van der Waals surface area contributed by atoms with Crippen LogP contribution in [0.2, 0.25) is 0 Å². The molecular weight excluding hydrogens is 156 g/mol. The number of hydrogen-bond acceptors (Lipinski definition) is 6. The summed E-state index contributed by atoms with van der Waals surface area (Å²) in [6.07, 6.45) is -1.36. The second kappa shape index (κ2) is 4.64. The highest BCUT2D eigenvalue weighted by Gasteiger charge is 2.13. The highest BCUT2D eigenvalue weighted by molar-refractivity contribution is 5.75. The lowest BCUT2D eigenvalue weighted by molar-refractivity contribution is -0.265. The third kappa shape index (κ3) is 4.29. The van der Waals surface area contributed by atoms with E-state index >= 15 is 0 Å². The first-order valence-electron chi connectivity index (χ1n) is 2.78. The summed E-state index contributed by atoms with van der Waals surface area (Å²) in [6, 6.07) is 0. The number of aliphatic hydroxyl groups excluding tert-OH is 2. The van der Waals surface area contributed by atoms with Crippen LogP contribution in [0.4, 0.5) is 0 Å². The zero-order valence-corrected chi connectivity index (χ0v) is 5.81. The van der Waals surface area contributed by atoms with Crippen molar-refractivity contribution in [2.75, 3.05) is 6.61 Å². The maximum absolute atomic E-state index is 10.3. The lowest BCUT2D eigenvalue weighted by atomic mass is 10.4. The summed E-state index contributed by atoms with van der Waals surface area (Å²) < 4.78 is 0. The molecule has 0 saturated heterocycles. The van der Waals surface area contributed by atoms with Gasteiger partial charge in [0.1, 0.15) is 6.61 Å². The minimum atomic E-state index is -1.36. The Morgan fingerprint density at radius 2 is 2.00 bits per heavy atom. The summed E-state index contributed by atoms with van der Waals surface area (Å²) in [6.45, 7) is 0.266. The van der Waals surface area contributed by atoms with E-state index in [1.54, 1.807) is 0 Å². The maximum Gasteiger partial charge on any atom is 0.383 e. The first-order chi connectivity index (χ1) is 5.07. The maximum atomic E-state index is 10.3. The first kappa shape index (κ1) is 9.86. The molecule has 11 heavy (non-hydrogen) atoms. The van der Waals surface area contributed by atoms with Gasteiger partial charge in [0.25, 0.3) is 0 Å². The molecule has 0 aromatic rings. The fourth-order valence-corrected chi connectivity index (χ4v) is 0.184. The van der Waals surface area contributed by atoms with Gasteiger partial charge in [0.15, 0.2) is 6.10 Å². The average Bonchev–Trinajstić information content (AvgIpc) is 1.99. The standard InChI is InChI=1S/C5H8O6/c1-3(7)5(9)11-10-4(8)2-6/h3,6-7H,2H2,1H3. The Labute approximate surface area is 62.3 Å². The average molecular weight is 164 g/mol. The molecule has 0 aliphatic carbocycles. The van der Waals surface area contributed by atoms with Gasteiger partial charge >= 0.3 is 11.9 Å². The molecule has 1 atom stereocenters. The molecule has 0 spiro atoms. The minimum absolute atomic E-state index is 0.882. The van der Waals surface area contributed by atoms with Crippen LogP contribution < -0.4 is 0 Å². The van der Waals surface area contributed by atoms with Gasteiger partial charge in [0, 0.05) is 0 Å². The largest absolute Gasteiger partial charge is 0.384 e. The molecule has 0 aliphatic rings. The van der Waals surface area contributed by atoms with Gasteiger partial charge in [-0.25, -0.2) is 19.4 Å². The highest BCUT2D eigenvalue weighted by atomic mass is 17.2. The van der Waals surface area contributed by atoms with Gasteiger partial charge in [-0.05, 0) is 6.92 Å². The van der Waals surface area contributed by atoms with Crippen molar-refractivity contribution in [3.05, 3.63) is 0 Å². The van der Waals surface area contributed by atoms with Crippen LogP contribution in [0.3, 0.4) is 0 Å². The summed E-state index contributed by atoms with van der Waals surface area (Å²) in [5.41, 5.74) is 0. The predicted octanol–water partition coefficient (Wildman–Crippen LogP) is -1.64. The second-order valence-electron chi connectivity index (χ2n) is 1.69. The van der Waals surface area contributed by atoms with Crippen molar-refractivity contribution in [2.24, 2.45) is 0 Å². The second-order valence-corrected chi connectivity index (χ2v) is 1.69. The monoisotopic (exact) mass is 164 g/mol. The van der Waals surface area contributed by atoms with Crippen molar-refractivity contribution in [3.8, 4) is 0 Å². The van der Waals surface area contributed by atoms with Gasteiger partial charge in [0.05, 0.1) is 0 Å². The normalized spacial score (nSPS) is 11.9. The van der Waals surface area contributed by atoms with Crippen molar-refractivity contribution < 1.29 is 29.6 Å². The van der Waals surface area contributed by atoms with E-state index in [0.717, 1.165) is 6.92 Å². The van der Waals surface area contributed by atoms with Crippen LogP contribution in [0, 0.1) is 0 Å². The van der Waals surface area contributed by atoms with E-state index in [1.165, 1.54) is 0 Å². The molecule has 0 rings (SSSR count). The van der Waals surface area contributed by atoms with Gasteiger partial charge in [0.2, 0.25) is 0 Å². The van der Waals surface area contributed by atoms with Gasteiger partial charge in [-0.15, -0.1) is 0 Å². The van der Waals surface area contributed by atoms with E-state index < -0.39 is 24.6 Å². The molecule has 0 aromatic heterocycles. The number of hydrogen-bond donors (Lipinski definition) is 2. The van der Waals surface area contributed by atoms with E-state index in [1.807, 2.05) is 0 Å². The molecule has 64 valence electrons. The number of carbonyl (C=O) groups is 2. The fraction of sp³-hybridized carbons (Fsp3) is 0.600. The topological polar surface area (TPSA) is 93.1 Å². The number of aliphatic hydroxyl groups is 2. The van der Waals surface area contributed by atoms with Gasteiger partial charge in [-0.2, -0.15) is 0 Å². The Morgan fingerprint density at radius 3 is 2.36 bits per heavy atom. The lowest BCUT2D eigenvalue weighted by Gasteiger charge is -2.02. The molecule has 6 nitrogen and oxygen atoms in total. The molecule has 0 aromatic carbocycles. The molecule has 2 N–H and O–H groups in total. The Morgan fingerprint density at radius 1 is 1.45 bits per heavy atom. The van der Waals surface area contributed by atoms with Crippen LogP contribution >= 0.6 is 0 Å². The minimum Gasteiger partial charge on any atom is -0.384 e. The summed E-state index contributed by atoms with van der Waals surface area (Å²) >= 11 is 0. The van der Waals surface area contributed by atoms with Crippen LogP contribution in [0.1, 0.15) is 6.92 Å². The van der Waals surface area contributed by atoms with E-state index in [4.69, 9.17) is 10.2 Å². The first-order valence-corrected chi connectivity index (χ1v) is 2.78. The highest BCUT2D eigenvalue weighted by Crippen LogP contribution is 1.88. The quantitative estimate of drug-likeness (QED) is 0.375. The van der Waals surface area contributed by atoms with Crippen LogP contribution in [0.15, 0.2) is 0 Å². The van der Waals surface area contributed by atoms with E-state index in [-0.39, 0.29) is 0 Å². The van der Waals surface area contributed by atoms with Crippen LogP contribution in [-0.2, 0) is 19.4 Å². The molecular formula is C5H8O6. The third-order valence-electron chi connectivity index (χ3n) is 0.687.